The molecule has 1 aliphatic rings. The molecule has 0 bridgehead atoms. The van der Waals surface area contributed by atoms with Crippen LogP contribution in [0.4, 0.5) is 0 Å². The molecule has 0 spiro atoms. The van der Waals surface area contributed by atoms with Gasteiger partial charge in [-0.25, -0.2) is 0 Å². The summed E-state index contributed by atoms with van der Waals surface area (Å²) in [6, 6.07) is 9.10. The Bertz CT molecular complexity index is 566. The molecule has 0 saturated carbocycles. The van der Waals surface area contributed by atoms with Gasteiger partial charge in [0, 0.05) is 50.0 Å². The number of rotatable bonds is 6. The molecule has 5 heteroatoms. The van der Waals surface area contributed by atoms with Gasteiger partial charge in [0.15, 0.2) is 0 Å². The monoisotopic (exact) mass is 319 g/mol. The summed E-state index contributed by atoms with van der Waals surface area (Å²) in [7, 11) is 2.09. The van der Waals surface area contributed by atoms with Crippen LogP contribution in [-0.2, 0) is 18.3 Å². The summed E-state index contributed by atoms with van der Waals surface area (Å²) in [5.74, 6) is 0. The summed E-state index contributed by atoms with van der Waals surface area (Å²) < 4.78 is 7.86. The molecule has 1 aliphatic heterocycles. The summed E-state index contributed by atoms with van der Waals surface area (Å²) in [4.78, 5) is 3.99. The molecule has 0 aromatic carbocycles. The van der Waals surface area contributed by atoms with Crippen LogP contribution >= 0.6 is 11.3 Å². The molecule has 2 aromatic rings. The number of morpholine rings is 1. The number of thiophene rings is 1. The zero-order valence-corrected chi connectivity index (χ0v) is 14.2. The Hall–Kier alpha value is -1.14. The van der Waals surface area contributed by atoms with E-state index in [1.807, 2.05) is 11.3 Å². The SMILES string of the molecule is CC1CN(C(CNCc2cccn2C)c2cccs2)CCO1. The van der Waals surface area contributed by atoms with Crippen LogP contribution in [0.3, 0.4) is 0 Å². The highest BCUT2D eigenvalue weighted by Gasteiger charge is 2.25. The minimum Gasteiger partial charge on any atom is -0.376 e. The van der Waals surface area contributed by atoms with E-state index in [-0.39, 0.29) is 0 Å². The van der Waals surface area contributed by atoms with Gasteiger partial charge in [0.2, 0.25) is 0 Å². The van der Waals surface area contributed by atoms with E-state index < -0.39 is 0 Å². The van der Waals surface area contributed by atoms with Crippen molar-refractivity contribution in [1.82, 2.24) is 14.8 Å². The molecule has 120 valence electrons. The lowest BCUT2D eigenvalue weighted by Crippen LogP contribution is -2.45. The highest BCUT2D eigenvalue weighted by atomic mass is 32.1. The van der Waals surface area contributed by atoms with Crippen LogP contribution in [0.15, 0.2) is 35.8 Å². The van der Waals surface area contributed by atoms with Crippen molar-refractivity contribution in [2.75, 3.05) is 26.2 Å². The summed E-state index contributed by atoms with van der Waals surface area (Å²) in [5.41, 5.74) is 1.32. The minimum absolute atomic E-state index is 0.323. The summed E-state index contributed by atoms with van der Waals surface area (Å²) in [5, 5.41) is 5.80. The first-order valence-electron chi connectivity index (χ1n) is 7.94. The topological polar surface area (TPSA) is 29.4 Å². The molecule has 4 nitrogen and oxygen atoms in total. The fourth-order valence-electron chi connectivity index (χ4n) is 3.04. The molecule has 0 radical (unpaired) electrons. The van der Waals surface area contributed by atoms with Crippen molar-refractivity contribution in [3.8, 4) is 0 Å². The van der Waals surface area contributed by atoms with Gasteiger partial charge >= 0.3 is 0 Å². The van der Waals surface area contributed by atoms with Gasteiger partial charge in [-0.1, -0.05) is 6.07 Å². The van der Waals surface area contributed by atoms with E-state index in [9.17, 15) is 0 Å². The van der Waals surface area contributed by atoms with E-state index in [0.717, 1.165) is 32.8 Å². The van der Waals surface area contributed by atoms with Crippen molar-refractivity contribution in [3.05, 3.63) is 46.4 Å². The second-order valence-corrected chi connectivity index (χ2v) is 6.93. The molecule has 2 unspecified atom stereocenters. The van der Waals surface area contributed by atoms with E-state index in [4.69, 9.17) is 4.74 Å². The third kappa shape index (κ3) is 3.79. The third-order valence-electron chi connectivity index (χ3n) is 4.28. The number of nitrogens with one attached hydrogen (secondary N) is 1. The average Bonchev–Trinajstić information content (AvgIpc) is 3.16. The molecule has 1 fully saturated rings. The zero-order valence-electron chi connectivity index (χ0n) is 13.4. The lowest BCUT2D eigenvalue weighted by atomic mass is 10.1. The van der Waals surface area contributed by atoms with Crippen molar-refractivity contribution < 1.29 is 4.74 Å². The quantitative estimate of drug-likeness (QED) is 0.887. The molecular weight excluding hydrogens is 294 g/mol. The highest BCUT2D eigenvalue weighted by Crippen LogP contribution is 2.26. The average molecular weight is 319 g/mol. The molecule has 3 heterocycles. The molecule has 0 aliphatic carbocycles. The van der Waals surface area contributed by atoms with E-state index in [2.05, 4.69) is 64.6 Å². The van der Waals surface area contributed by atoms with Crippen LogP contribution in [0, 0.1) is 0 Å². The Balaban J connectivity index is 1.63. The van der Waals surface area contributed by atoms with Crippen molar-refractivity contribution in [1.29, 1.82) is 0 Å². The Kier molecular flexibility index (Phi) is 5.31. The zero-order chi connectivity index (χ0) is 15.4. The van der Waals surface area contributed by atoms with Crippen LogP contribution in [0.25, 0.3) is 0 Å². The van der Waals surface area contributed by atoms with Gasteiger partial charge in [-0.3, -0.25) is 4.90 Å². The minimum atomic E-state index is 0.323. The van der Waals surface area contributed by atoms with E-state index in [1.54, 1.807) is 0 Å². The van der Waals surface area contributed by atoms with Gasteiger partial charge in [-0.2, -0.15) is 0 Å². The molecule has 1 N–H and O–H groups in total. The molecular formula is C17H25N3OS. The number of hydrogen-bond acceptors (Lipinski definition) is 4. The lowest BCUT2D eigenvalue weighted by Gasteiger charge is -2.37. The fraction of sp³-hybridized carbons (Fsp3) is 0.529. The van der Waals surface area contributed by atoms with Crippen LogP contribution in [-0.4, -0.2) is 41.8 Å². The molecule has 2 aromatic heterocycles. The van der Waals surface area contributed by atoms with E-state index in [1.165, 1.54) is 10.6 Å². The molecule has 0 amide bonds. The standard InChI is InChI=1S/C17H25N3OS/c1-14-13-20(8-9-21-14)16(17-6-4-10-22-17)12-18-11-15-5-3-7-19(15)2/h3-7,10,14,16,18H,8-9,11-13H2,1-2H3. The highest BCUT2D eigenvalue weighted by molar-refractivity contribution is 7.10. The second kappa shape index (κ2) is 7.42. The Morgan fingerprint density at radius 2 is 2.32 bits per heavy atom. The van der Waals surface area contributed by atoms with Gasteiger partial charge in [-0.05, 0) is 30.5 Å². The Morgan fingerprint density at radius 1 is 1.41 bits per heavy atom. The molecule has 3 rings (SSSR count). The number of aromatic nitrogens is 1. The fourth-order valence-corrected chi connectivity index (χ4v) is 3.90. The van der Waals surface area contributed by atoms with Crippen molar-refractivity contribution in [3.63, 3.8) is 0 Å². The Morgan fingerprint density at radius 3 is 3.00 bits per heavy atom. The van der Waals surface area contributed by atoms with Crippen molar-refractivity contribution >= 4 is 11.3 Å². The normalized spacial score (nSPS) is 21.1. The van der Waals surface area contributed by atoms with Crippen molar-refractivity contribution in [2.45, 2.75) is 25.6 Å². The largest absolute Gasteiger partial charge is 0.376 e. The van der Waals surface area contributed by atoms with Crippen LogP contribution in [0.2, 0.25) is 0 Å². The second-order valence-electron chi connectivity index (χ2n) is 5.95. The van der Waals surface area contributed by atoms with Gasteiger partial charge in [0.1, 0.15) is 0 Å². The van der Waals surface area contributed by atoms with Gasteiger partial charge < -0.3 is 14.6 Å². The predicted molar refractivity (Wildman–Crippen MR) is 91.2 cm³/mol. The summed E-state index contributed by atoms with van der Waals surface area (Å²) in [6.07, 6.45) is 2.42. The molecule has 1 saturated heterocycles. The van der Waals surface area contributed by atoms with Gasteiger partial charge in [0.05, 0.1) is 18.8 Å². The number of ether oxygens (including phenoxy) is 1. The summed E-state index contributed by atoms with van der Waals surface area (Å²) >= 11 is 1.85. The van der Waals surface area contributed by atoms with Gasteiger partial charge in [-0.15, -0.1) is 11.3 Å². The summed E-state index contributed by atoms with van der Waals surface area (Å²) in [6.45, 7) is 6.90. The maximum absolute atomic E-state index is 5.69. The smallest absolute Gasteiger partial charge is 0.0674 e. The number of hydrogen-bond donors (Lipinski definition) is 1. The predicted octanol–water partition coefficient (Wildman–Crippen LogP) is 2.64. The first-order chi connectivity index (χ1) is 10.7. The van der Waals surface area contributed by atoms with E-state index in [0.29, 0.717) is 12.1 Å². The molecule has 2 atom stereocenters. The van der Waals surface area contributed by atoms with Crippen LogP contribution in [0.5, 0.6) is 0 Å². The maximum atomic E-state index is 5.69. The van der Waals surface area contributed by atoms with Gasteiger partial charge in [0.25, 0.3) is 0 Å². The molecule has 22 heavy (non-hydrogen) atoms. The van der Waals surface area contributed by atoms with Crippen LogP contribution in [0.1, 0.15) is 23.5 Å². The Labute approximate surface area is 136 Å². The number of nitrogens with zero attached hydrogens (tertiary/aromatic N) is 2. The first kappa shape index (κ1) is 15.7. The first-order valence-corrected chi connectivity index (χ1v) is 8.82. The van der Waals surface area contributed by atoms with Crippen LogP contribution < -0.4 is 5.32 Å². The van der Waals surface area contributed by atoms with E-state index >= 15 is 0 Å². The van der Waals surface area contributed by atoms with Crippen molar-refractivity contribution in [2.24, 2.45) is 7.05 Å². The number of aryl methyl sites for hydroxylation is 1. The maximum Gasteiger partial charge on any atom is 0.0674 e. The lowest BCUT2D eigenvalue weighted by molar-refractivity contribution is -0.0339. The third-order valence-corrected chi connectivity index (χ3v) is 5.25.